The number of Topliss-reactive ketones (excluding diaryl/α,β-unsaturated/α-hetero) is 2. The summed E-state index contributed by atoms with van der Waals surface area (Å²) in [7, 11) is 2.93. The molecule has 1 aliphatic carbocycles. The lowest BCUT2D eigenvalue weighted by Gasteiger charge is -2.37. The molecule has 1 aliphatic heterocycles. The second-order valence-corrected chi connectivity index (χ2v) is 9.28. The molecule has 0 aromatic heterocycles. The zero-order valence-corrected chi connectivity index (χ0v) is 19.6. The lowest BCUT2D eigenvalue weighted by Crippen LogP contribution is -2.45. The van der Waals surface area contributed by atoms with Gasteiger partial charge < -0.3 is 14.8 Å². The molecule has 4 rings (SSSR count). The van der Waals surface area contributed by atoms with E-state index >= 15 is 0 Å². The lowest BCUT2D eigenvalue weighted by molar-refractivity contribution is -0.125. The van der Waals surface area contributed by atoms with Crippen LogP contribution in [0.15, 0.2) is 53.4 Å². The fourth-order valence-corrected chi connectivity index (χ4v) is 5.63. The van der Waals surface area contributed by atoms with Crippen molar-refractivity contribution >= 4 is 29.1 Å². The van der Waals surface area contributed by atoms with E-state index in [1.54, 1.807) is 12.1 Å². The molecule has 1 N–H and O–H groups in total. The van der Waals surface area contributed by atoms with E-state index in [2.05, 4.69) is 5.32 Å². The first-order chi connectivity index (χ1) is 16.0. The Labute approximate surface area is 197 Å². The quantitative estimate of drug-likeness (QED) is 0.631. The van der Waals surface area contributed by atoms with Gasteiger partial charge >= 0.3 is 0 Å². The summed E-state index contributed by atoms with van der Waals surface area (Å²) in [6.45, 7) is 1.59. The molecular formula is C26H27NO5S. The van der Waals surface area contributed by atoms with Gasteiger partial charge in [-0.15, -0.1) is 11.8 Å². The Morgan fingerprint density at radius 1 is 0.970 bits per heavy atom. The number of ether oxygens (including phenoxy) is 2. The molecule has 1 fully saturated rings. The number of hydrogen-bond donors (Lipinski definition) is 1. The minimum atomic E-state index is -0.503. The highest BCUT2D eigenvalue weighted by molar-refractivity contribution is 8.04. The van der Waals surface area contributed by atoms with Gasteiger partial charge in [0.1, 0.15) is 17.3 Å². The molecule has 7 heteroatoms. The van der Waals surface area contributed by atoms with E-state index in [1.807, 2.05) is 30.3 Å². The van der Waals surface area contributed by atoms with Crippen molar-refractivity contribution in [2.75, 3.05) is 33.1 Å². The Balaban J connectivity index is 1.51. The molecule has 2 aromatic rings. The third-order valence-corrected chi connectivity index (χ3v) is 7.45. The highest BCUT2D eigenvalue weighted by Crippen LogP contribution is 2.40. The Morgan fingerprint density at radius 3 is 2.24 bits per heavy atom. The van der Waals surface area contributed by atoms with E-state index < -0.39 is 5.41 Å². The number of rotatable bonds is 8. The smallest absolute Gasteiger partial charge is 0.204 e. The number of ketones is 3. The van der Waals surface area contributed by atoms with E-state index in [4.69, 9.17) is 9.47 Å². The van der Waals surface area contributed by atoms with E-state index in [1.165, 1.54) is 32.1 Å². The van der Waals surface area contributed by atoms with Gasteiger partial charge in [0.2, 0.25) is 5.78 Å². The third kappa shape index (κ3) is 4.35. The number of fused-ring (bicyclic) bond motifs is 1. The minimum Gasteiger partial charge on any atom is -0.496 e. The summed E-state index contributed by atoms with van der Waals surface area (Å²) < 4.78 is 10.6. The third-order valence-electron chi connectivity index (χ3n) is 6.43. The maximum Gasteiger partial charge on any atom is 0.204 e. The molecule has 1 saturated heterocycles. The summed E-state index contributed by atoms with van der Waals surface area (Å²) in [5.74, 6) is 0.704. The second-order valence-electron chi connectivity index (χ2n) is 8.14. The number of nitrogens with one attached hydrogen (secondary N) is 1. The van der Waals surface area contributed by atoms with E-state index in [0.717, 1.165) is 31.5 Å². The van der Waals surface area contributed by atoms with Crippen LogP contribution in [0.5, 0.6) is 11.5 Å². The van der Waals surface area contributed by atoms with Crippen LogP contribution >= 0.6 is 11.8 Å². The normalized spacial score (nSPS) is 17.2. The van der Waals surface area contributed by atoms with Crippen LogP contribution in [-0.4, -0.2) is 50.4 Å². The molecule has 0 unspecified atom stereocenters. The highest BCUT2D eigenvalue weighted by Gasteiger charge is 2.40. The standard InChI is InChI=1S/C26H27NO5S/c1-31-19-8-9-20(32-2)24-23(19)18(28)16-21(25(24)30)33-15-10-22(29)26(11-13-27-14-12-26)17-6-4-3-5-7-17/h3-9,16,27H,10-15H2,1-2H3. The summed E-state index contributed by atoms with van der Waals surface area (Å²) in [5.41, 5.74) is 0.990. The summed E-state index contributed by atoms with van der Waals surface area (Å²) in [6, 6.07) is 13.2. The number of hydrogen-bond acceptors (Lipinski definition) is 7. The van der Waals surface area contributed by atoms with Gasteiger partial charge in [-0.25, -0.2) is 0 Å². The van der Waals surface area contributed by atoms with Crippen LogP contribution < -0.4 is 14.8 Å². The number of piperidine rings is 1. The van der Waals surface area contributed by atoms with Gasteiger partial charge in [0.15, 0.2) is 5.78 Å². The molecule has 1 heterocycles. The molecule has 2 aliphatic rings. The number of allylic oxidation sites excluding steroid dienone is 2. The van der Waals surface area contributed by atoms with Gasteiger partial charge in [0.25, 0.3) is 0 Å². The van der Waals surface area contributed by atoms with Crippen LogP contribution in [-0.2, 0) is 10.2 Å². The van der Waals surface area contributed by atoms with E-state index in [0.29, 0.717) is 28.6 Å². The molecule has 6 nitrogen and oxygen atoms in total. The van der Waals surface area contributed by atoms with Gasteiger partial charge in [-0.1, -0.05) is 30.3 Å². The topological polar surface area (TPSA) is 81.7 Å². The average molecular weight is 466 g/mol. The van der Waals surface area contributed by atoms with Gasteiger partial charge in [-0.3, -0.25) is 14.4 Å². The predicted molar refractivity (Wildman–Crippen MR) is 129 cm³/mol. The Hall–Kier alpha value is -2.90. The second kappa shape index (κ2) is 9.93. The largest absolute Gasteiger partial charge is 0.496 e. The molecule has 0 radical (unpaired) electrons. The predicted octanol–water partition coefficient (Wildman–Crippen LogP) is 3.98. The summed E-state index contributed by atoms with van der Waals surface area (Å²) in [4.78, 5) is 39.8. The number of carbonyl (C=O) groups is 3. The van der Waals surface area contributed by atoms with E-state index in [9.17, 15) is 14.4 Å². The van der Waals surface area contributed by atoms with Crippen LogP contribution in [0, 0.1) is 0 Å². The molecule has 33 heavy (non-hydrogen) atoms. The molecule has 172 valence electrons. The van der Waals surface area contributed by atoms with Gasteiger partial charge in [-0.05, 0) is 43.6 Å². The van der Waals surface area contributed by atoms with Gasteiger partial charge in [0, 0.05) is 18.2 Å². The number of benzene rings is 2. The van der Waals surface area contributed by atoms with E-state index in [-0.39, 0.29) is 28.5 Å². The van der Waals surface area contributed by atoms with Crippen LogP contribution in [0.3, 0.4) is 0 Å². The number of thioether (sulfide) groups is 1. The maximum absolute atomic E-state index is 13.4. The average Bonchev–Trinajstić information content (AvgIpc) is 2.86. The fourth-order valence-electron chi connectivity index (χ4n) is 4.69. The van der Waals surface area contributed by atoms with Gasteiger partial charge in [0.05, 0.1) is 35.7 Å². The Bertz CT molecular complexity index is 1100. The first-order valence-corrected chi connectivity index (χ1v) is 12.0. The van der Waals surface area contributed by atoms with Crippen LogP contribution in [0.4, 0.5) is 0 Å². The van der Waals surface area contributed by atoms with Crippen molar-refractivity contribution in [3.8, 4) is 11.5 Å². The summed E-state index contributed by atoms with van der Waals surface area (Å²) in [5, 5.41) is 3.34. The van der Waals surface area contributed by atoms with Crippen molar-refractivity contribution < 1.29 is 23.9 Å². The monoisotopic (exact) mass is 465 g/mol. The maximum atomic E-state index is 13.4. The van der Waals surface area contributed by atoms with Crippen molar-refractivity contribution in [2.45, 2.75) is 24.7 Å². The van der Waals surface area contributed by atoms with Crippen LogP contribution in [0.25, 0.3) is 0 Å². The lowest BCUT2D eigenvalue weighted by atomic mass is 9.69. The molecule has 0 amide bonds. The van der Waals surface area contributed by atoms with Crippen molar-refractivity contribution in [3.63, 3.8) is 0 Å². The van der Waals surface area contributed by atoms with Crippen molar-refractivity contribution in [2.24, 2.45) is 0 Å². The molecule has 2 aromatic carbocycles. The van der Waals surface area contributed by atoms with Crippen molar-refractivity contribution in [3.05, 3.63) is 70.1 Å². The Kier molecular flexibility index (Phi) is 7.00. The first-order valence-electron chi connectivity index (χ1n) is 11.0. The molecule has 0 saturated carbocycles. The first kappa shape index (κ1) is 23.3. The molecule has 0 spiro atoms. The minimum absolute atomic E-state index is 0.178. The molecular weight excluding hydrogens is 438 g/mol. The zero-order valence-electron chi connectivity index (χ0n) is 18.8. The summed E-state index contributed by atoms with van der Waals surface area (Å²) >= 11 is 1.25. The van der Waals surface area contributed by atoms with Crippen LogP contribution in [0.2, 0.25) is 0 Å². The molecule has 0 atom stereocenters. The fraction of sp³-hybridized carbons (Fsp3) is 0.346. The van der Waals surface area contributed by atoms with Crippen molar-refractivity contribution in [1.82, 2.24) is 5.32 Å². The zero-order chi connectivity index (χ0) is 23.4. The van der Waals surface area contributed by atoms with Crippen LogP contribution in [0.1, 0.15) is 45.5 Å². The SMILES string of the molecule is COc1ccc(OC)c2c1C(=O)C=C(SCCC(=O)C1(c3ccccc3)CCNCC1)C2=O. The van der Waals surface area contributed by atoms with Gasteiger partial charge in [-0.2, -0.15) is 0 Å². The molecule has 0 bridgehead atoms. The van der Waals surface area contributed by atoms with Crippen molar-refractivity contribution in [1.29, 1.82) is 0 Å². The number of carbonyl (C=O) groups excluding carboxylic acids is 3. The summed E-state index contributed by atoms with van der Waals surface area (Å²) in [6.07, 6.45) is 3.18. The number of methoxy groups -OCH3 is 2. The highest BCUT2D eigenvalue weighted by atomic mass is 32.2. The Morgan fingerprint density at radius 2 is 1.61 bits per heavy atom.